The van der Waals surface area contributed by atoms with E-state index in [-0.39, 0.29) is 22.9 Å². The number of nitrogens with zero attached hydrogens (tertiary/aromatic N) is 3. The van der Waals surface area contributed by atoms with Crippen LogP contribution in [-0.4, -0.2) is 12.9 Å². The number of allylic oxidation sites excluding steroid dienone is 11. The Hall–Kier alpha value is -3.29. The van der Waals surface area contributed by atoms with E-state index in [1.807, 2.05) is 0 Å². The van der Waals surface area contributed by atoms with Gasteiger partial charge >= 0.3 is 0 Å². The van der Waals surface area contributed by atoms with Crippen LogP contribution in [0.3, 0.4) is 0 Å². The molecule has 0 N–H and O–H groups in total. The zero-order chi connectivity index (χ0) is 20.0. The Morgan fingerprint density at radius 1 is 1.15 bits per heavy atom. The topological polar surface area (TPSA) is 115 Å². The summed E-state index contributed by atoms with van der Waals surface area (Å²) in [4.78, 5) is 45.4. The summed E-state index contributed by atoms with van der Waals surface area (Å²) in [6.07, 6.45) is 9.59. The largest absolute Gasteiger partial charge is 0.501 e. The average Bonchev–Trinajstić information content (AvgIpc) is 2.69. The summed E-state index contributed by atoms with van der Waals surface area (Å²) in [5.74, 6) is -0.810. The Morgan fingerprint density at radius 3 is 2.48 bits per heavy atom. The lowest BCUT2D eigenvalue weighted by Gasteiger charge is -2.30. The van der Waals surface area contributed by atoms with Crippen LogP contribution < -0.4 is 0 Å². The fraction of sp³-hybridized carbons (Fsp3) is 0.316. The normalized spacial score (nSPS) is 23.6. The number of ether oxygens (including phenoxy) is 1. The second-order valence-electron chi connectivity index (χ2n) is 6.24. The van der Waals surface area contributed by atoms with Gasteiger partial charge in [-0.3, -0.25) is 4.79 Å². The van der Waals surface area contributed by atoms with E-state index in [0.29, 0.717) is 23.3 Å². The van der Waals surface area contributed by atoms with Crippen LogP contribution >= 0.6 is 0 Å². The number of hydrogen-bond donors (Lipinski definition) is 0. The van der Waals surface area contributed by atoms with Crippen LogP contribution in [0.5, 0.6) is 0 Å². The van der Waals surface area contributed by atoms with Crippen LogP contribution in [0.15, 0.2) is 86.0 Å². The van der Waals surface area contributed by atoms with Gasteiger partial charge in [0.15, 0.2) is 5.78 Å². The van der Waals surface area contributed by atoms with Crippen LogP contribution in [0.25, 0.3) is 0 Å². The van der Waals surface area contributed by atoms with Crippen molar-refractivity contribution in [1.29, 1.82) is 0 Å². The highest BCUT2D eigenvalue weighted by molar-refractivity contribution is 5.97. The van der Waals surface area contributed by atoms with Crippen molar-refractivity contribution < 1.29 is 9.53 Å². The second-order valence-corrected chi connectivity index (χ2v) is 6.24. The number of nitroso groups, excluding NO2 is 3. The van der Waals surface area contributed by atoms with Crippen molar-refractivity contribution in [2.75, 3.05) is 7.11 Å². The van der Waals surface area contributed by atoms with E-state index in [1.54, 1.807) is 38.2 Å². The van der Waals surface area contributed by atoms with Gasteiger partial charge in [0.1, 0.15) is 5.70 Å². The van der Waals surface area contributed by atoms with Gasteiger partial charge in [0, 0.05) is 0 Å². The molecule has 0 radical (unpaired) electrons. The molecule has 0 aliphatic heterocycles. The van der Waals surface area contributed by atoms with Gasteiger partial charge in [0.05, 0.1) is 30.2 Å². The van der Waals surface area contributed by atoms with Gasteiger partial charge in [-0.05, 0) is 77.2 Å². The molecule has 0 bridgehead atoms. The average molecular weight is 369 g/mol. The lowest BCUT2D eigenvalue weighted by atomic mass is 9.73. The lowest BCUT2D eigenvalue weighted by Crippen LogP contribution is -2.29. The molecule has 0 aromatic heterocycles. The van der Waals surface area contributed by atoms with Gasteiger partial charge in [-0.25, -0.2) is 0 Å². The van der Waals surface area contributed by atoms with Crippen molar-refractivity contribution in [3.8, 4) is 0 Å². The molecule has 0 amide bonds. The molecule has 0 spiro atoms. The van der Waals surface area contributed by atoms with Crippen molar-refractivity contribution in [3.63, 3.8) is 0 Å². The van der Waals surface area contributed by atoms with E-state index in [1.165, 1.54) is 19.3 Å². The van der Waals surface area contributed by atoms with Gasteiger partial charge < -0.3 is 4.74 Å². The van der Waals surface area contributed by atoms with Gasteiger partial charge in [0.25, 0.3) is 0 Å². The summed E-state index contributed by atoms with van der Waals surface area (Å²) in [6, 6.07) is 0. The summed E-state index contributed by atoms with van der Waals surface area (Å²) < 4.78 is 5.10. The van der Waals surface area contributed by atoms with Crippen LogP contribution in [0.1, 0.15) is 20.3 Å². The summed E-state index contributed by atoms with van der Waals surface area (Å²) in [5.41, 5.74) is 1.57. The van der Waals surface area contributed by atoms with E-state index in [4.69, 9.17) is 4.74 Å². The SMILES string of the molecule is CO/C(C)=C/C=C(\C=C(/C)N=O)C1=CC(=O)C2C(N=O)=CC(N=O)=CC2C1. The first-order chi connectivity index (χ1) is 12.9. The summed E-state index contributed by atoms with van der Waals surface area (Å²) in [5, 5.41) is 8.65. The molecule has 2 aliphatic carbocycles. The van der Waals surface area contributed by atoms with Gasteiger partial charge in [-0.15, -0.1) is 14.7 Å². The lowest BCUT2D eigenvalue weighted by molar-refractivity contribution is -0.118. The smallest absolute Gasteiger partial charge is 0.165 e. The molecule has 2 rings (SSSR count). The highest BCUT2D eigenvalue weighted by atomic mass is 16.5. The second kappa shape index (κ2) is 8.88. The number of fused-ring (bicyclic) bond motifs is 1. The zero-order valence-corrected chi connectivity index (χ0v) is 15.2. The van der Waals surface area contributed by atoms with E-state index >= 15 is 0 Å². The molecule has 140 valence electrons. The molecule has 2 atom stereocenters. The standard InChI is InChI=1S/C19H19N3O5/c1-11(20-24)6-13(5-4-12(2)27-3)14-7-15-8-16(21-25)10-17(22-26)19(15)18(23)9-14/h4-6,8-10,15,19H,7H2,1-3H3/b11-6+,12-4+,13-5+. The maximum atomic E-state index is 12.6. The summed E-state index contributed by atoms with van der Waals surface area (Å²) >= 11 is 0. The Bertz CT molecular complexity index is 859. The number of methoxy groups -OCH3 is 1. The first kappa shape index (κ1) is 20.0. The Balaban J connectivity index is 2.50. The Kier molecular flexibility index (Phi) is 6.59. The summed E-state index contributed by atoms with van der Waals surface area (Å²) in [6.45, 7) is 3.31. The third kappa shape index (κ3) is 4.66. The molecular formula is C19H19N3O5. The number of rotatable bonds is 7. The van der Waals surface area contributed by atoms with Gasteiger partial charge in [-0.1, -0.05) is 12.2 Å². The first-order valence-electron chi connectivity index (χ1n) is 8.22. The molecule has 8 nitrogen and oxygen atoms in total. The highest BCUT2D eigenvalue weighted by Gasteiger charge is 2.37. The molecule has 0 fully saturated rings. The number of hydrogen-bond acceptors (Lipinski definition) is 8. The monoisotopic (exact) mass is 369 g/mol. The maximum absolute atomic E-state index is 12.6. The van der Waals surface area contributed by atoms with E-state index in [0.717, 1.165) is 0 Å². The van der Waals surface area contributed by atoms with Crippen molar-refractivity contribution in [1.82, 2.24) is 0 Å². The molecule has 27 heavy (non-hydrogen) atoms. The highest BCUT2D eigenvalue weighted by Crippen LogP contribution is 2.40. The van der Waals surface area contributed by atoms with Crippen molar-refractivity contribution in [2.45, 2.75) is 20.3 Å². The van der Waals surface area contributed by atoms with Crippen LogP contribution in [0.2, 0.25) is 0 Å². The molecule has 0 heterocycles. The minimum atomic E-state index is -0.733. The van der Waals surface area contributed by atoms with Crippen molar-refractivity contribution in [2.24, 2.45) is 27.4 Å². The molecule has 0 saturated carbocycles. The molecule has 0 saturated heterocycles. The third-order valence-corrected chi connectivity index (χ3v) is 4.42. The number of carbonyl (C=O) groups excluding carboxylic acids is 1. The minimum Gasteiger partial charge on any atom is -0.501 e. The predicted molar refractivity (Wildman–Crippen MR) is 101 cm³/mol. The minimum absolute atomic E-state index is 0.000617. The van der Waals surface area contributed by atoms with Crippen molar-refractivity contribution in [3.05, 3.63) is 85.2 Å². The fourth-order valence-corrected chi connectivity index (χ4v) is 3.05. The quantitative estimate of drug-likeness (QED) is 0.370. The van der Waals surface area contributed by atoms with E-state index in [9.17, 15) is 19.5 Å². The third-order valence-electron chi connectivity index (χ3n) is 4.42. The van der Waals surface area contributed by atoms with Crippen LogP contribution in [-0.2, 0) is 9.53 Å². The van der Waals surface area contributed by atoms with Crippen molar-refractivity contribution >= 4 is 5.78 Å². The Labute approximate surface area is 156 Å². The van der Waals surface area contributed by atoms with Crippen LogP contribution in [0.4, 0.5) is 0 Å². The predicted octanol–water partition coefficient (Wildman–Crippen LogP) is 4.58. The maximum Gasteiger partial charge on any atom is 0.165 e. The van der Waals surface area contributed by atoms with E-state index < -0.39 is 11.8 Å². The van der Waals surface area contributed by atoms with Gasteiger partial charge in [0.2, 0.25) is 0 Å². The van der Waals surface area contributed by atoms with Crippen LogP contribution in [0, 0.1) is 26.6 Å². The molecule has 8 heteroatoms. The van der Waals surface area contributed by atoms with E-state index in [2.05, 4.69) is 15.5 Å². The number of carbonyl (C=O) groups is 1. The molecular weight excluding hydrogens is 350 g/mol. The Morgan fingerprint density at radius 2 is 1.89 bits per heavy atom. The molecule has 0 aromatic rings. The molecule has 2 unspecified atom stereocenters. The fourth-order valence-electron chi connectivity index (χ4n) is 3.05. The number of ketones is 1. The summed E-state index contributed by atoms with van der Waals surface area (Å²) in [7, 11) is 1.53. The zero-order valence-electron chi connectivity index (χ0n) is 15.2. The molecule has 0 aromatic carbocycles. The van der Waals surface area contributed by atoms with Gasteiger partial charge in [-0.2, -0.15) is 0 Å². The molecule has 2 aliphatic rings. The first-order valence-corrected chi connectivity index (χ1v) is 8.22.